The molecule has 0 aliphatic heterocycles. The molecule has 9 nitrogen and oxygen atoms in total. The van der Waals surface area contributed by atoms with Crippen molar-refractivity contribution in [1.29, 1.82) is 0 Å². The fourth-order valence-electron chi connectivity index (χ4n) is 1.81. The van der Waals surface area contributed by atoms with Crippen LogP contribution >= 0.6 is 0 Å². The molecular weight excluding hydrogens is 318 g/mol. The number of nitrogens with one attached hydrogen (secondary N) is 1. The van der Waals surface area contributed by atoms with Crippen LogP contribution in [0.25, 0.3) is 0 Å². The minimum Gasteiger partial charge on any atom is -0.480 e. The SMILES string of the molecule is CC(NC(=O)c1cccc([N+](=O)[O-])c1)C(=O)N(C)C(C)(C)C(=O)O. The number of carboxylic acids is 1. The van der Waals surface area contributed by atoms with E-state index in [-0.39, 0.29) is 11.3 Å². The summed E-state index contributed by atoms with van der Waals surface area (Å²) < 4.78 is 0. The van der Waals surface area contributed by atoms with Gasteiger partial charge in [-0.1, -0.05) is 6.07 Å². The highest BCUT2D eigenvalue weighted by Crippen LogP contribution is 2.15. The van der Waals surface area contributed by atoms with Gasteiger partial charge in [-0.3, -0.25) is 19.7 Å². The Labute approximate surface area is 138 Å². The predicted molar refractivity (Wildman–Crippen MR) is 84.5 cm³/mol. The number of amides is 2. The van der Waals surface area contributed by atoms with Gasteiger partial charge in [0, 0.05) is 24.7 Å². The number of carbonyl (C=O) groups is 3. The van der Waals surface area contributed by atoms with Crippen LogP contribution in [0, 0.1) is 10.1 Å². The second-order valence-corrected chi connectivity index (χ2v) is 5.76. The topological polar surface area (TPSA) is 130 Å². The van der Waals surface area contributed by atoms with Crippen molar-refractivity contribution >= 4 is 23.5 Å². The third-order valence-corrected chi connectivity index (χ3v) is 3.73. The van der Waals surface area contributed by atoms with Crippen LogP contribution < -0.4 is 5.32 Å². The highest BCUT2D eigenvalue weighted by molar-refractivity contribution is 5.98. The van der Waals surface area contributed by atoms with E-state index in [0.717, 1.165) is 11.0 Å². The van der Waals surface area contributed by atoms with Gasteiger partial charge in [0.1, 0.15) is 11.6 Å². The van der Waals surface area contributed by atoms with Crippen LogP contribution in [0.4, 0.5) is 5.69 Å². The Balaban J connectivity index is 2.87. The molecule has 0 aliphatic rings. The zero-order valence-electron chi connectivity index (χ0n) is 13.8. The molecule has 1 atom stereocenters. The van der Waals surface area contributed by atoms with Crippen molar-refractivity contribution in [3.8, 4) is 0 Å². The van der Waals surface area contributed by atoms with E-state index in [1.165, 1.54) is 46.0 Å². The van der Waals surface area contributed by atoms with Gasteiger partial charge in [0.25, 0.3) is 11.6 Å². The molecule has 2 amide bonds. The zero-order valence-corrected chi connectivity index (χ0v) is 13.8. The Bertz CT molecular complexity index is 686. The molecule has 0 fully saturated rings. The molecule has 0 heterocycles. The molecule has 1 rings (SSSR count). The molecule has 0 aliphatic carbocycles. The zero-order chi connectivity index (χ0) is 18.7. The second kappa shape index (κ2) is 7.07. The van der Waals surface area contributed by atoms with Crippen LogP contribution in [0.15, 0.2) is 24.3 Å². The minimum atomic E-state index is -1.44. The maximum atomic E-state index is 12.3. The third-order valence-electron chi connectivity index (χ3n) is 3.73. The van der Waals surface area contributed by atoms with Gasteiger partial charge in [0.15, 0.2) is 0 Å². The molecule has 1 unspecified atom stereocenters. The van der Waals surface area contributed by atoms with Crippen molar-refractivity contribution in [2.75, 3.05) is 7.05 Å². The highest BCUT2D eigenvalue weighted by atomic mass is 16.6. The van der Waals surface area contributed by atoms with Gasteiger partial charge in [0.2, 0.25) is 5.91 Å². The molecule has 0 aromatic heterocycles. The predicted octanol–water partition coefficient (Wildman–Crippen LogP) is 1.03. The van der Waals surface area contributed by atoms with E-state index >= 15 is 0 Å². The van der Waals surface area contributed by atoms with Crippen LogP contribution in [0.2, 0.25) is 0 Å². The molecule has 0 radical (unpaired) electrons. The number of nitrogens with zero attached hydrogens (tertiary/aromatic N) is 2. The molecule has 0 bridgehead atoms. The first-order valence-electron chi connectivity index (χ1n) is 7.05. The number of hydrogen-bond acceptors (Lipinski definition) is 5. The molecule has 1 aromatic rings. The maximum Gasteiger partial charge on any atom is 0.329 e. The first kappa shape index (κ1) is 19.1. The van der Waals surface area contributed by atoms with Crippen molar-refractivity contribution in [3.05, 3.63) is 39.9 Å². The van der Waals surface area contributed by atoms with Crippen molar-refractivity contribution in [2.24, 2.45) is 0 Å². The number of nitro groups is 1. The summed E-state index contributed by atoms with van der Waals surface area (Å²) in [6, 6.07) is 4.08. The summed E-state index contributed by atoms with van der Waals surface area (Å²) in [5.74, 6) is -2.45. The van der Waals surface area contributed by atoms with E-state index < -0.39 is 34.3 Å². The lowest BCUT2D eigenvalue weighted by atomic mass is 10.0. The summed E-state index contributed by atoms with van der Waals surface area (Å²) in [5.41, 5.74) is -1.66. The molecule has 0 spiro atoms. The third kappa shape index (κ3) is 4.06. The lowest BCUT2D eigenvalue weighted by molar-refractivity contribution is -0.384. The van der Waals surface area contributed by atoms with Crippen molar-refractivity contribution < 1.29 is 24.4 Å². The lowest BCUT2D eigenvalue weighted by Gasteiger charge is -2.33. The Morgan fingerprint density at radius 1 is 1.33 bits per heavy atom. The number of likely N-dealkylation sites (N-methyl/N-ethyl adjacent to an activating group) is 1. The van der Waals surface area contributed by atoms with Gasteiger partial charge >= 0.3 is 5.97 Å². The van der Waals surface area contributed by atoms with Crippen molar-refractivity contribution in [1.82, 2.24) is 10.2 Å². The number of non-ortho nitro benzene ring substituents is 1. The van der Waals surface area contributed by atoms with Gasteiger partial charge in [-0.05, 0) is 26.8 Å². The highest BCUT2D eigenvalue weighted by Gasteiger charge is 2.37. The molecule has 9 heteroatoms. The fraction of sp³-hybridized carbons (Fsp3) is 0.400. The fourth-order valence-corrected chi connectivity index (χ4v) is 1.81. The summed E-state index contributed by atoms with van der Waals surface area (Å²) in [6.45, 7) is 4.14. The van der Waals surface area contributed by atoms with Crippen LogP contribution in [-0.4, -0.2) is 51.3 Å². The van der Waals surface area contributed by atoms with E-state index in [9.17, 15) is 24.5 Å². The number of rotatable bonds is 6. The first-order valence-corrected chi connectivity index (χ1v) is 7.05. The van der Waals surface area contributed by atoms with Gasteiger partial charge < -0.3 is 15.3 Å². The number of carbonyl (C=O) groups excluding carboxylic acids is 2. The van der Waals surface area contributed by atoms with Crippen molar-refractivity contribution in [2.45, 2.75) is 32.4 Å². The van der Waals surface area contributed by atoms with E-state index in [2.05, 4.69) is 5.32 Å². The Morgan fingerprint density at radius 2 is 1.92 bits per heavy atom. The lowest BCUT2D eigenvalue weighted by Crippen LogP contribution is -2.56. The smallest absolute Gasteiger partial charge is 0.329 e. The van der Waals surface area contributed by atoms with E-state index in [4.69, 9.17) is 5.11 Å². The molecule has 0 saturated heterocycles. The number of carboxylic acid groups (broad SMARTS) is 1. The monoisotopic (exact) mass is 337 g/mol. The van der Waals surface area contributed by atoms with E-state index in [1.54, 1.807) is 0 Å². The first-order chi connectivity index (χ1) is 11.0. The molecule has 2 N–H and O–H groups in total. The molecule has 24 heavy (non-hydrogen) atoms. The Kier molecular flexibility index (Phi) is 5.62. The molecule has 0 saturated carbocycles. The van der Waals surface area contributed by atoms with E-state index in [0.29, 0.717) is 0 Å². The standard InChI is InChI=1S/C15H19N3O6/c1-9(13(20)17(4)15(2,3)14(21)22)16-12(19)10-6-5-7-11(8-10)18(23)24/h5-9H,1-4H3,(H,16,19)(H,21,22). The molecule has 130 valence electrons. The van der Waals surface area contributed by atoms with Crippen LogP contribution in [0.5, 0.6) is 0 Å². The van der Waals surface area contributed by atoms with Crippen molar-refractivity contribution in [3.63, 3.8) is 0 Å². The largest absolute Gasteiger partial charge is 0.480 e. The number of hydrogen-bond donors (Lipinski definition) is 2. The number of nitro benzene ring substituents is 1. The summed E-state index contributed by atoms with van der Waals surface area (Å²) >= 11 is 0. The minimum absolute atomic E-state index is 0.0315. The maximum absolute atomic E-state index is 12.3. The second-order valence-electron chi connectivity index (χ2n) is 5.76. The van der Waals surface area contributed by atoms with Crippen LogP contribution in [-0.2, 0) is 9.59 Å². The summed E-state index contributed by atoms with van der Waals surface area (Å²) in [7, 11) is 1.33. The molecular formula is C15H19N3O6. The van der Waals surface area contributed by atoms with Gasteiger partial charge in [-0.25, -0.2) is 4.79 Å². The number of aliphatic carboxylic acids is 1. The van der Waals surface area contributed by atoms with Crippen LogP contribution in [0.1, 0.15) is 31.1 Å². The Morgan fingerprint density at radius 3 is 2.42 bits per heavy atom. The quantitative estimate of drug-likeness (QED) is 0.589. The average molecular weight is 337 g/mol. The normalized spacial score (nSPS) is 12.2. The van der Waals surface area contributed by atoms with Gasteiger partial charge in [-0.15, -0.1) is 0 Å². The average Bonchev–Trinajstić information content (AvgIpc) is 2.52. The van der Waals surface area contributed by atoms with Gasteiger partial charge in [-0.2, -0.15) is 0 Å². The van der Waals surface area contributed by atoms with Gasteiger partial charge in [0.05, 0.1) is 4.92 Å². The number of benzene rings is 1. The summed E-state index contributed by atoms with van der Waals surface area (Å²) in [4.78, 5) is 46.7. The molecule has 1 aromatic carbocycles. The Hall–Kier alpha value is -2.97. The van der Waals surface area contributed by atoms with Crippen LogP contribution in [0.3, 0.4) is 0 Å². The summed E-state index contributed by atoms with van der Waals surface area (Å²) in [5, 5.41) is 22.3. The summed E-state index contributed by atoms with van der Waals surface area (Å²) in [6.07, 6.45) is 0. The van der Waals surface area contributed by atoms with E-state index in [1.807, 2.05) is 0 Å².